The maximum Gasteiger partial charge on any atom is 0.126 e. The van der Waals surface area contributed by atoms with Crippen LogP contribution in [-0.2, 0) is 25.7 Å². The standard InChI is InChI=1S/C36H40O4/c1-5-37-33-25-13-9-14-26(33)22-28-16-11-18-30(35(28)39-7-3)24-32-20-12-19-31(36(32)40-8-4)23-29-17-10-15-27(21-25)34(29)38-6-2/h9-20H,5-8,21-24H2,1-4H3. The molecule has 5 rings (SSSR count). The van der Waals surface area contributed by atoms with Crippen molar-refractivity contribution in [1.29, 1.82) is 0 Å². The molecule has 4 aromatic carbocycles. The van der Waals surface area contributed by atoms with Gasteiger partial charge in [0, 0.05) is 25.7 Å². The van der Waals surface area contributed by atoms with Gasteiger partial charge in [0.15, 0.2) is 0 Å². The van der Waals surface area contributed by atoms with Crippen molar-refractivity contribution in [3.63, 3.8) is 0 Å². The van der Waals surface area contributed by atoms with E-state index in [1.165, 1.54) is 0 Å². The monoisotopic (exact) mass is 536 g/mol. The molecule has 0 radical (unpaired) electrons. The molecule has 4 nitrogen and oxygen atoms in total. The molecular formula is C36H40O4. The lowest BCUT2D eigenvalue weighted by Crippen LogP contribution is -2.08. The molecule has 0 atom stereocenters. The zero-order valence-electron chi connectivity index (χ0n) is 24.2. The summed E-state index contributed by atoms with van der Waals surface area (Å²) in [4.78, 5) is 0. The molecule has 0 aromatic heterocycles. The summed E-state index contributed by atoms with van der Waals surface area (Å²) in [5.41, 5.74) is 9.30. The highest BCUT2D eigenvalue weighted by atomic mass is 16.5. The zero-order valence-corrected chi connectivity index (χ0v) is 24.2. The molecule has 0 unspecified atom stereocenters. The molecule has 4 heteroatoms. The Labute approximate surface area is 238 Å². The number of fused-ring (bicyclic) bond motifs is 8. The lowest BCUT2D eigenvalue weighted by atomic mass is 9.91. The van der Waals surface area contributed by atoms with Crippen LogP contribution in [0.5, 0.6) is 23.0 Å². The first-order chi connectivity index (χ1) is 19.7. The van der Waals surface area contributed by atoms with Gasteiger partial charge in [0.1, 0.15) is 23.0 Å². The highest BCUT2D eigenvalue weighted by molar-refractivity contribution is 5.55. The summed E-state index contributed by atoms with van der Waals surface area (Å²) in [5, 5.41) is 0. The Balaban J connectivity index is 1.76. The van der Waals surface area contributed by atoms with Gasteiger partial charge < -0.3 is 18.9 Å². The Bertz CT molecular complexity index is 1150. The highest BCUT2D eigenvalue weighted by Crippen LogP contribution is 2.38. The van der Waals surface area contributed by atoms with Crippen LogP contribution in [0.15, 0.2) is 72.8 Å². The SMILES string of the molecule is CCOc1c2cccc1Cc1cccc(c1OCC)Cc1cccc(c1OCC)Cc1cccc(c1OCC)C2. The molecule has 1 aliphatic rings. The molecule has 0 amide bonds. The van der Waals surface area contributed by atoms with Gasteiger partial charge in [-0.15, -0.1) is 0 Å². The number of rotatable bonds is 8. The predicted octanol–water partition coefficient (Wildman–Crippen LogP) is 7.96. The van der Waals surface area contributed by atoms with Gasteiger partial charge in [-0.25, -0.2) is 0 Å². The van der Waals surface area contributed by atoms with Crippen molar-refractivity contribution in [2.24, 2.45) is 0 Å². The van der Waals surface area contributed by atoms with Gasteiger partial charge in [-0.05, 0) is 72.2 Å². The van der Waals surface area contributed by atoms with Gasteiger partial charge >= 0.3 is 0 Å². The van der Waals surface area contributed by atoms with E-state index in [1.807, 2.05) is 0 Å². The first-order valence-corrected chi connectivity index (χ1v) is 14.6. The van der Waals surface area contributed by atoms with Gasteiger partial charge in [0.05, 0.1) is 26.4 Å². The third-order valence-corrected chi connectivity index (χ3v) is 7.39. The fourth-order valence-corrected chi connectivity index (χ4v) is 5.81. The molecule has 0 saturated carbocycles. The Kier molecular flexibility index (Phi) is 8.95. The fourth-order valence-electron chi connectivity index (χ4n) is 5.81. The van der Waals surface area contributed by atoms with Gasteiger partial charge in [-0.2, -0.15) is 0 Å². The van der Waals surface area contributed by atoms with E-state index in [1.54, 1.807) is 0 Å². The molecule has 0 saturated heterocycles. The largest absolute Gasteiger partial charge is 0.493 e. The smallest absolute Gasteiger partial charge is 0.126 e. The molecule has 208 valence electrons. The average molecular weight is 537 g/mol. The molecule has 0 spiro atoms. The minimum absolute atomic E-state index is 0.607. The van der Waals surface area contributed by atoms with Crippen molar-refractivity contribution in [3.8, 4) is 23.0 Å². The molecule has 0 aliphatic heterocycles. The quantitative estimate of drug-likeness (QED) is 0.202. The van der Waals surface area contributed by atoms with Gasteiger partial charge in [0.25, 0.3) is 0 Å². The topological polar surface area (TPSA) is 36.9 Å². The molecule has 8 bridgehead atoms. The normalized spacial score (nSPS) is 12.5. The fraction of sp³-hybridized carbons (Fsp3) is 0.333. The molecule has 0 fully saturated rings. The summed E-state index contributed by atoms with van der Waals surface area (Å²) < 4.78 is 25.3. The second-order valence-corrected chi connectivity index (χ2v) is 10.1. The van der Waals surface area contributed by atoms with Crippen LogP contribution < -0.4 is 18.9 Å². The Hall–Kier alpha value is -3.92. The molecule has 40 heavy (non-hydrogen) atoms. The van der Waals surface area contributed by atoms with E-state index in [9.17, 15) is 0 Å². The maximum absolute atomic E-state index is 6.34. The van der Waals surface area contributed by atoms with Crippen LogP contribution in [0.4, 0.5) is 0 Å². The number of hydrogen-bond donors (Lipinski definition) is 0. The summed E-state index contributed by atoms with van der Waals surface area (Å²) in [6, 6.07) is 26.0. The molecule has 0 N–H and O–H groups in total. The summed E-state index contributed by atoms with van der Waals surface area (Å²) >= 11 is 0. The number of para-hydroxylation sites is 4. The van der Waals surface area contributed by atoms with Crippen LogP contribution in [0.3, 0.4) is 0 Å². The number of benzene rings is 4. The van der Waals surface area contributed by atoms with Crippen molar-refractivity contribution >= 4 is 0 Å². The van der Waals surface area contributed by atoms with Crippen molar-refractivity contribution in [3.05, 3.63) is 117 Å². The second kappa shape index (κ2) is 13.0. The summed E-state index contributed by atoms with van der Waals surface area (Å²) in [5.74, 6) is 3.84. The van der Waals surface area contributed by atoms with E-state index >= 15 is 0 Å². The van der Waals surface area contributed by atoms with Gasteiger partial charge in [-0.1, -0.05) is 72.8 Å². The minimum Gasteiger partial charge on any atom is -0.493 e. The molecule has 0 heterocycles. The first-order valence-electron chi connectivity index (χ1n) is 14.6. The Morgan fingerprint density at radius 2 is 0.525 bits per heavy atom. The lowest BCUT2D eigenvalue weighted by Gasteiger charge is -2.22. The zero-order chi connectivity index (χ0) is 27.9. The van der Waals surface area contributed by atoms with E-state index in [-0.39, 0.29) is 0 Å². The van der Waals surface area contributed by atoms with E-state index in [0.29, 0.717) is 26.4 Å². The first kappa shape index (κ1) is 27.6. The van der Waals surface area contributed by atoms with Crippen molar-refractivity contribution in [1.82, 2.24) is 0 Å². The third kappa shape index (κ3) is 5.82. The van der Waals surface area contributed by atoms with Crippen molar-refractivity contribution in [2.75, 3.05) is 26.4 Å². The highest BCUT2D eigenvalue weighted by Gasteiger charge is 2.21. The third-order valence-electron chi connectivity index (χ3n) is 7.39. The molecule has 1 aliphatic carbocycles. The summed E-state index contributed by atoms with van der Waals surface area (Å²) in [6.07, 6.45) is 2.90. The second-order valence-electron chi connectivity index (χ2n) is 10.1. The van der Waals surface area contributed by atoms with Crippen LogP contribution >= 0.6 is 0 Å². The average Bonchev–Trinajstić information content (AvgIpc) is 2.95. The minimum atomic E-state index is 0.607. The van der Waals surface area contributed by atoms with Crippen LogP contribution in [-0.4, -0.2) is 26.4 Å². The van der Waals surface area contributed by atoms with Gasteiger partial charge in [-0.3, -0.25) is 0 Å². The van der Waals surface area contributed by atoms with E-state index < -0.39 is 0 Å². The van der Waals surface area contributed by atoms with E-state index in [4.69, 9.17) is 18.9 Å². The van der Waals surface area contributed by atoms with Gasteiger partial charge in [0.2, 0.25) is 0 Å². The number of hydrogen-bond acceptors (Lipinski definition) is 4. The maximum atomic E-state index is 6.34. The molecule has 4 aromatic rings. The van der Waals surface area contributed by atoms with Crippen molar-refractivity contribution in [2.45, 2.75) is 53.4 Å². The summed E-state index contributed by atoms with van der Waals surface area (Å²) in [6.45, 7) is 10.6. The van der Waals surface area contributed by atoms with Crippen LogP contribution in [0.2, 0.25) is 0 Å². The number of ether oxygens (including phenoxy) is 4. The summed E-state index contributed by atoms with van der Waals surface area (Å²) in [7, 11) is 0. The van der Waals surface area contributed by atoms with Crippen LogP contribution in [0.25, 0.3) is 0 Å². The lowest BCUT2D eigenvalue weighted by molar-refractivity contribution is 0.326. The Morgan fingerprint density at radius 3 is 0.675 bits per heavy atom. The molecular weight excluding hydrogens is 496 g/mol. The van der Waals surface area contributed by atoms with E-state index in [2.05, 4.69) is 100 Å². The van der Waals surface area contributed by atoms with E-state index in [0.717, 1.165) is 93.2 Å². The predicted molar refractivity (Wildman–Crippen MR) is 162 cm³/mol. The van der Waals surface area contributed by atoms with Crippen LogP contribution in [0, 0.1) is 0 Å². The van der Waals surface area contributed by atoms with Crippen molar-refractivity contribution < 1.29 is 18.9 Å². The Morgan fingerprint density at radius 1 is 0.350 bits per heavy atom. The van der Waals surface area contributed by atoms with Crippen LogP contribution in [0.1, 0.15) is 72.2 Å².